The summed E-state index contributed by atoms with van der Waals surface area (Å²) in [5, 5.41) is 21.4. The van der Waals surface area contributed by atoms with Crippen molar-refractivity contribution in [3.63, 3.8) is 0 Å². The molecule has 0 saturated carbocycles. The van der Waals surface area contributed by atoms with E-state index in [1.54, 1.807) is 11.3 Å². The molecular weight excluding hydrogens is 671 g/mol. The van der Waals surface area contributed by atoms with Gasteiger partial charge in [-0.1, -0.05) is 0 Å². The summed E-state index contributed by atoms with van der Waals surface area (Å²) in [6.45, 7) is 7.49. The summed E-state index contributed by atoms with van der Waals surface area (Å²) in [5.74, 6) is -7.68. The van der Waals surface area contributed by atoms with Crippen molar-refractivity contribution in [2.75, 3.05) is 26.7 Å². The first-order valence-electron chi connectivity index (χ1n) is 12.7. The largest absolute Gasteiger partial charge is 0.490 e. The summed E-state index contributed by atoms with van der Waals surface area (Å²) in [7, 11) is 1.87. The maximum atomic E-state index is 10.6. The Hall–Kier alpha value is -3.56. The first kappa shape index (κ1) is 40.5. The number of aryl methyl sites for hydroxylation is 1. The normalized spacial score (nSPS) is 20.1. The molecule has 2 saturated heterocycles. The maximum Gasteiger partial charge on any atom is 0.490 e. The summed E-state index contributed by atoms with van der Waals surface area (Å²) >= 11 is 1.78. The number of methoxy groups -OCH3 is 1. The van der Waals surface area contributed by atoms with Gasteiger partial charge in [-0.3, -0.25) is 14.8 Å². The van der Waals surface area contributed by atoms with Gasteiger partial charge in [0.05, 0.1) is 17.3 Å². The zero-order valence-electron chi connectivity index (χ0n) is 23.9. The van der Waals surface area contributed by atoms with E-state index in [1.807, 2.05) is 25.0 Å². The third-order valence-electron chi connectivity index (χ3n) is 6.43. The molecule has 0 aromatic carbocycles. The van der Waals surface area contributed by atoms with Crippen LogP contribution in [0.15, 0.2) is 30.0 Å². The second kappa shape index (κ2) is 17.4. The molecule has 3 N–H and O–H groups in total. The van der Waals surface area contributed by atoms with Gasteiger partial charge < -0.3 is 20.1 Å². The quantitative estimate of drug-likeness (QED) is 0.379. The second-order valence-electron chi connectivity index (χ2n) is 9.58. The van der Waals surface area contributed by atoms with E-state index in [2.05, 4.69) is 38.8 Å². The van der Waals surface area contributed by atoms with E-state index in [1.165, 1.54) is 16.1 Å². The monoisotopic (exact) mass is 700 g/mol. The highest BCUT2D eigenvalue weighted by molar-refractivity contribution is 7.09. The molecule has 2 aromatic rings. The molecule has 4 rings (SSSR count). The third-order valence-corrected chi connectivity index (χ3v) is 7.35. The predicted octanol–water partition coefficient (Wildman–Crippen LogP) is 4.47. The van der Waals surface area contributed by atoms with Crippen LogP contribution in [0.25, 0.3) is 0 Å². The predicted molar refractivity (Wildman–Crippen MR) is 141 cm³/mol. The van der Waals surface area contributed by atoms with Gasteiger partial charge >= 0.3 is 36.4 Å². The Morgan fingerprint density at radius 2 is 1.37 bits per heavy atom. The van der Waals surface area contributed by atoms with Gasteiger partial charge in [-0.05, 0) is 31.0 Å². The minimum absolute atomic E-state index is 0.381. The number of hydrogen-bond acceptors (Lipinski definition) is 9. The molecule has 46 heavy (non-hydrogen) atoms. The van der Waals surface area contributed by atoms with Gasteiger partial charge in [0.25, 0.3) is 0 Å². The van der Waals surface area contributed by atoms with Crippen molar-refractivity contribution < 1.29 is 74.0 Å². The van der Waals surface area contributed by atoms with E-state index in [9.17, 15) is 39.5 Å². The minimum atomic E-state index is -5.08. The van der Waals surface area contributed by atoms with E-state index in [0.717, 1.165) is 39.1 Å². The molecule has 0 unspecified atom stereocenters. The third kappa shape index (κ3) is 13.8. The van der Waals surface area contributed by atoms with Crippen molar-refractivity contribution in [3.05, 3.63) is 46.2 Å². The van der Waals surface area contributed by atoms with Gasteiger partial charge in [0.1, 0.15) is 0 Å². The average Bonchev–Trinajstić information content (AvgIpc) is 3.55. The van der Waals surface area contributed by atoms with Crippen LogP contribution in [0.3, 0.4) is 0 Å². The number of nitrogens with zero attached hydrogens (tertiary/aromatic N) is 4. The van der Waals surface area contributed by atoms with Crippen molar-refractivity contribution in [1.29, 1.82) is 0 Å². The molecule has 2 fully saturated rings. The Kier molecular flexibility index (Phi) is 15.3. The van der Waals surface area contributed by atoms with Crippen LogP contribution in [0.4, 0.5) is 39.5 Å². The zero-order chi connectivity index (χ0) is 35.5. The van der Waals surface area contributed by atoms with E-state index >= 15 is 0 Å². The zero-order valence-corrected chi connectivity index (χ0v) is 24.8. The highest BCUT2D eigenvalue weighted by Gasteiger charge is 2.44. The number of fused-ring (bicyclic) bond motifs is 1. The van der Waals surface area contributed by atoms with E-state index < -0.39 is 36.4 Å². The Balaban J connectivity index is 0.000000413. The molecule has 4 heterocycles. The molecule has 11 nitrogen and oxygen atoms in total. The fourth-order valence-corrected chi connectivity index (χ4v) is 5.15. The molecule has 2 aromatic heterocycles. The van der Waals surface area contributed by atoms with Gasteiger partial charge in [0.15, 0.2) is 0 Å². The van der Waals surface area contributed by atoms with Gasteiger partial charge in [-0.15, -0.1) is 11.3 Å². The second-order valence-corrected chi connectivity index (χ2v) is 10.5. The lowest BCUT2D eigenvalue weighted by molar-refractivity contribution is -0.193. The number of likely N-dealkylation sites (tertiary alicyclic amines) is 2. The number of carboxylic acids is 3. The van der Waals surface area contributed by atoms with Crippen LogP contribution in [-0.2, 0) is 32.2 Å². The topological polar surface area (TPSA) is 153 Å². The van der Waals surface area contributed by atoms with E-state index in [0.29, 0.717) is 18.1 Å². The van der Waals surface area contributed by atoms with Crippen LogP contribution in [-0.4, -0.2) is 110 Å². The number of halogens is 9. The summed E-state index contributed by atoms with van der Waals surface area (Å²) < 4.78 is 101. The van der Waals surface area contributed by atoms with Crippen LogP contribution in [0, 0.1) is 12.8 Å². The van der Waals surface area contributed by atoms with Crippen molar-refractivity contribution in [2.45, 2.75) is 57.1 Å². The number of hydrogen-bond donors (Lipinski definition) is 3. The van der Waals surface area contributed by atoms with Crippen molar-refractivity contribution >= 4 is 29.2 Å². The van der Waals surface area contributed by atoms with Crippen LogP contribution >= 0.6 is 11.3 Å². The van der Waals surface area contributed by atoms with Gasteiger partial charge in [-0.25, -0.2) is 19.4 Å². The first-order chi connectivity index (χ1) is 21.1. The van der Waals surface area contributed by atoms with E-state index in [4.69, 9.17) is 34.4 Å². The number of ether oxygens (including phenoxy) is 1. The molecule has 21 heteroatoms. The van der Waals surface area contributed by atoms with Crippen LogP contribution in [0.2, 0.25) is 0 Å². The summed E-state index contributed by atoms with van der Waals surface area (Å²) in [6.07, 6.45) is -9.98. The van der Waals surface area contributed by atoms with Crippen LogP contribution in [0.5, 0.6) is 0 Å². The van der Waals surface area contributed by atoms with Crippen LogP contribution in [0.1, 0.15) is 22.6 Å². The molecular formula is C25H29F9N4O7S. The summed E-state index contributed by atoms with van der Waals surface area (Å²) in [6, 6.07) is 4.81. The molecule has 0 aliphatic carbocycles. The number of rotatable bonds is 5. The molecule has 0 bridgehead atoms. The Labute approximate surface area is 259 Å². The smallest absolute Gasteiger partial charge is 0.475 e. The highest BCUT2D eigenvalue weighted by atomic mass is 32.1. The number of alkyl halides is 9. The van der Waals surface area contributed by atoms with Gasteiger partial charge in [0, 0.05) is 69.1 Å². The SMILES string of the molecule is CO[C@@H]1CCN(Cc2scnc2C)[C@@H]2CN(Cc3ccncc3)C[C@@H]21.O=C(O)C(F)(F)F.O=C(O)C(F)(F)F.O=C(O)C(F)(F)F. The van der Waals surface area contributed by atoms with Crippen molar-refractivity contribution in [2.24, 2.45) is 5.92 Å². The lowest BCUT2D eigenvalue weighted by atomic mass is 9.89. The Bertz CT molecular complexity index is 1200. The number of aromatic nitrogens is 2. The highest BCUT2D eigenvalue weighted by Crippen LogP contribution is 2.34. The van der Waals surface area contributed by atoms with Gasteiger partial charge in [-0.2, -0.15) is 39.5 Å². The first-order valence-corrected chi connectivity index (χ1v) is 13.6. The lowest BCUT2D eigenvalue weighted by Crippen LogP contribution is -2.50. The summed E-state index contributed by atoms with van der Waals surface area (Å²) in [5.41, 5.74) is 4.49. The van der Waals surface area contributed by atoms with Crippen LogP contribution < -0.4 is 0 Å². The molecule has 260 valence electrons. The fraction of sp³-hybridized carbons (Fsp3) is 0.560. The van der Waals surface area contributed by atoms with Crippen molar-refractivity contribution in [1.82, 2.24) is 19.8 Å². The fourth-order valence-electron chi connectivity index (χ4n) is 4.35. The molecule has 2 aliphatic heterocycles. The summed E-state index contributed by atoms with van der Waals surface area (Å²) in [4.78, 5) is 41.9. The Morgan fingerprint density at radius 1 is 0.891 bits per heavy atom. The molecule has 0 radical (unpaired) electrons. The molecule has 3 atom stereocenters. The average molecular weight is 701 g/mol. The number of carbonyl (C=O) groups is 3. The Morgan fingerprint density at radius 3 is 1.76 bits per heavy atom. The lowest BCUT2D eigenvalue weighted by Gasteiger charge is -2.41. The number of aliphatic carboxylic acids is 3. The molecule has 0 amide bonds. The number of thiazole rings is 1. The molecule has 2 aliphatic rings. The standard InChI is InChI=1S/C19H26N4OS.3C2HF3O2/c1-14-19(25-13-21-14)12-23-8-5-18(24-2)16-10-22(11-17(16)23)9-15-3-6-20-7-4-15;3*3-2(4,5)1(6)7/h3-4,6-7,13,16-18H,5,8-12H2,1-2H3;3*(H,6,7)/t16-,17+,18+;;;/m0.../s1. The maximum absolute atomic E-state index is 10.6. The minimum Gasteiger partial charge on any atom is -0.475 e. The molecule has 0 spiro atoms. The van der Waals surface area contributed by atoms with E-state index in [-0.39, 0.29) is 0 Å². The van der Waals surface area contributed by atoms with Crippen molar-refractivity contribution in [3.8, 4) is 0 Å². The number of carboxylic acid groups (broad SMARTS) is 3. The number of piperidine rings is 1. The van der Waals surface area contributed by atoms with Gasteiger partial charge in [0.2, 0.25) is 0 Å². The number of pyridine rings is 1.